The van der Waals surface area contributed by atoms with E-state index < -0.39 is 17.9 Å². The fourth-order valence-electron chi connectivity index (χ4n) is 2.99. The number of aliphatic hydroxyl groups is 1. The van der Waals surface area contributed by atoms with Crippen LogP contribution in [-0.2, 0) is 16.8 Å². The Morgan fingerprint density at radius 3 is 2.65 bits per heavy atom. The van der Waals surface area contributed by atoms with Crippen LogP contribution in [0.4, 0.5) is 0 Å². The van der Waals surface area contributed by atoms with Crippen LogP contribution < -0.4 is 10.2 Å². The maximum Gasteiger partial charge on any atom is 0.246 e. The Bertz CT molecular complexity index is 892. The summed E-state index contributed by atoms with van der Waals surface area (Å²) in [4.78, 5) is 11.7. The van der Waals surface area contributed by atoms with E-state index >= 15 is 0 Å². The number of carbonyl (C=O) groups excluding carboxylic acids is 1. The summed E-state index contributed by atoms with van der Waals surface area (Å²) in [6.45, 7) is 1.89. The zero-order chi connectivity index (χ0) is 18.9. The molecule has 2 aromatic rings. The number of ether oxygens (including phenoxy) is 1. The van der Waals surface area contributed by atoms with Gasteiger partial charge in [-0.15, -0.1) is 0 Å². The molecule has 0 fully saturated rings. The lowest BCUT2D eigenvalue weighted by Gasteiger charge is -2.32. The molecule has 0 aromatic heterocycles. The van der Waals surface area contributed by atoms with Crippen molar-refractivity contribution in [3.8, 4) is 17.2 Å². The quantitative estimate of drug-likeness (QED) is 0.423. The van der Waals surface area contributed by atoms with E-state index in [1.165, 1.54) is 35.8 Å². The highest BCUT2D eigenvalue weighted by molar-refractivity contribution is 5.79. The van der Waals surface area contributed by atoms with Crippen LogP contribution in [0.3, 0.4) is 0 Å². The molecule has 1 aliphatic rings. The second-order valence-electron chi connectivity index (χ2n) is 6.12. The molecule has 136 valence electrons. The van der Waals surface area contributed by atoms with Crippen LogP contribution >= 0.6 is 0 Å². The molecule has 1 heterocycles. The lowest BCUT2D eigenvalue weighted by molar-refractivity contribution is -0.133. The second kappa shape index (κ2) is 6.70. The third-order valence-electron chi connectivity index (χ3n) is 4.32. The molecule has 0 aliphatic carbocycles. The van der Waals surface area contributed by atoms with Gasteiger partial charge in [0.05, 0.1) is 6.42 Å². The summed E-state index contributed by atoms with van der Waals surface area (Å²) in [5.74, 6) is -0.212. The first-order valence-electron chi connectivity index (χ1n) is 8.08. The second-order valence-corrected chi connectivity index (χ2v) is 6.12. The van der Waals surface area contributed by atoms with Crippen molar-refractivity contribution in [2.75, 3.05) is 0 Å². The summed E-state index contributed by atoms with van der Waals surface area (Å²) >= 11 is 0. The molecular weight excluding hydrogens is 338 g/mol. The van der Waals surface area contributed by atoms with Crippen molar-refractivity contribution >= 4 is 11.7 Å². The van der Waals surface area contributed by atoms with Crippen molar-refractivity contribution in [2.24, 2.45) is 0 Å². The van der Waals surface area contributed by atoms with Gasteiger partial charge in [0.1, 0.15) is 28.6 Å². The Balaban J connectivity index is 2.12. The fraction of sp³-hybridized carbons (Fsp3) is 0.211. The standard InChI is InChI=1S/C19H19NO6/c1-2-11-7-12(3-6-15(11)22)17-9-19(24,10-18(23)20-25)14-5-4-13(21)8-16(14)26-17/h3-9,21-22,24-25H,2,10H2,1H3,(H,20,23). The zero-order valence-corrected chi connectivity index (χ0v) is 14.1. The maximum atomic E-state index is 11.7. The topological polar surface area (TPSA) is 119 Å². The van der Waals surface area contributed by atoms with Gasteiger partial charge in [-0.05, 0) is 48.4 Å². The van der Waals surface area contributed by atoms with Gasteiger partial charge >= 0.3 is 0 Å². The Morgan fingerprint density at radius 2 is 1.96 bits per heavy atom. The third-order valence-corrected chi connectivity index (χ3v) is 4.32. The van der Waals surface area contributed by atoms with E-state index in [0.29, 0.717) is 17.5 Å². The van der Waals surface area contributed by atoms with Crippen LogP contribution in [0.25, 0.3) is 5.76 Å². The lowest BCUT2D eigenvalue weighted by atomic mass is 9.86. The number of phenolic OH excluding ortho intramolecular Hbond substituents is 2. The van der Waals surface area contributed by atoms with E-state index in [1.807, 2.05) is 6.92 Å². The smallest absolute Gasteiger partial charge is 0.246 e. The summed E-state index contributed by atoms with van der Waals surface area (Å²) in [5, 5.41) is 39.5. The average Bonchev–Trinajstić information content (AvgIpc) is 2.61. The molecular formula is C19H19NO6. The molecule has 1 aliphatic heterocycles. The minimum absolute atomic E-state index is 0.0566. The number of nitrogens with one attached hydrogen (secondary N) is 1. The van der Waals surface area contributed by atoms with E-state index in [4.69, 9.17) is 9.94 Å². The van der Waals surface area contributed by atoms with Crippen molar-refractivity contribution in [3.05, 3.63) is 59.2 Å². The van der Waals surface area contributed by atoms with Gasteiger partial charge in [0.25, 0.3) is 0 Å². The van der Waals surface area contributed by atoms with Gasteiger partial charge in [0, 0.05) is 17.2 Å². The molecule has 1 atom stereocenters. The first-order valence-corrected chi connectivity index (χ1v) is 8.08. The molecule has 7 nitrogen and oxygen atoms in total. The highest BCUT2D eigenvalue weighted by atomic mass is 16.5. The monoisotopic (exact) mass is 357 g/mol. The van der Waals surface area contributed by atoms with Crippen molar-refractivity contribution in [1.82, 2.24) is 5.48 Å². The number of aryl methyl sites for hydroxylation is 1. The number of rotatable bonds is 4. The van der Waals surface area contributed by atoms with Crippen molar-refractivity contribution in [1.29, 1.82) is 0 Å². The number of fused-ring (bicyclic) bond motifs is 1. The van der Waals surface area contributed by atoms with Gasteiger partial charge in [-0.25, -0.2) is 5.48 Å². The van der Waals surface area contributed by atoms with E-state index in [1.54, 1.807) is 12.1 Å². The van der Waals surface area contributed by atoms with Gasteiger partial charge in [0.2, 0.25) is 5.91 Å². The molecule has 0 saturated heterocycles. The van der Waals surface area contributed by atoms with E-state index in [-0.39, 0.29) is 28.6 Å². The van der Waals surface area contributed by atoms with Gasteiger partial charge < -0.3 is 20.1 Å². The molecule has 0 bridgehead atoms. The normalized spacial score (nSPS) is 18.5. The number of hydrogen-bond donors (Lipinski definition) is 5. The highest BCUT2D eigenvalue weighted by Crippen LogP contribution is 2.43. The third kappa shape index (κ3) is 3.22. The molecule has 0 radical (unpaired) electrons. The van der Waals surface area contributed by atoms with E-state index in [0.717, 1.165) is 0 Å². The number of amides is 1. The molecule has 3 rings (SSSR count). The van der Waals surface area contributed by atoms with E-state index in [9.17, 15) is 20.1 Å². The molecule has 0 saturated carbocycles. The van der Waals surface area contributed by atoms with Crippen LogP contribution in [0.2, 0.25) is 0 Å². The molecule has 1 unspecified atom stereocenters. The van der Waals surface area contributed by atoms with Crippen LogP contribution in [0.15, 0.2) is 42.5 Å². The van der Waals surface area contributed by atoms with Crippen LogP contribution in [0, 0.1) is 0 Å². The van der Waals surface area contributed by atoms with Gasteiger partial charge in [-0.1, -0.05) is 6.92 Å². The minimum atomic E-state index is -1.74. The largest absolute Gasteiger partial charge is 0.508 e. The Hall–Kier alpha value is -3.03. The summed E-state index contributed by atoms with van der Waals surface area (Å²) < 4.78 is 5.81. The molecule has 0 spiro atoms. The SMILES string of the molecule is CCc1cc(C2=CC(O)(CC(=O)NO)c3ccc(O)cc3O2)ccc1O. The van der Waals surface area contributed by atoms with Crippen LogP contribution in [-0.4, -0.2) is 26.4 Å². The molecule has 5 N–H and O–H groups in total. The lowest BCUT2D eigenvalue weighted by Crippen LogP contribution is -2.34. The highest BCUT2D eigenvalue weighted by Gasteiger charge is 2.37. The number of carbonyl (C=O) groups is 1. The summed E-state index contributed by atoms with van der Waals surface area (Å²) in [7, 11) is 0. The predicted molar refractivity (Wildman–Crippen MR) is 92.6 cm³/mol. The molecule has 1 amide bonds. The first kappa shape index (κ1) is 17.8. The Kier molecular flexibility index (Phi) is 4.58. The average molecular weight is 357 g/mol. The van der Waals surface area contributed by atoms with E-state index in [2.05, 4.69) is 0 Å². The fourth-order valence-corrected chi connectivity index (χ4v) is 2.99. The summed E-state index contributed by atoms with van der Waals surface area (Å²) in [5.41, 5.74) is 1.35. The minimum Gasteiger partial charge on any atom is -0.508 e. The van der Waals surface area contributed by atoms with Crippen molar-refractivity contribution < 1.29 is 30.1 Å². The number of phenols is 2. The Morgan fingerprint density at radius 1 is 1.19 bits per heavy atom. The van der Waals surface area contributed by atoms with Crippen LogP contribution in [0.5, 0.6) is 17.2 Å². The molecule has 7 heteroatoms. The van der Waals surface area contributed by atoms with Crippen LogP contribution in [0.1, 0.15) is 30.0 Å². The maximum absolute atomic E-state index is 11.7. The number of aromatic hydroxyl groups is 2. The summed E-state index contributed by atoms with van der Waals surface area (Å²) in [6, 6.07) is 9.04. The number of hydroxylamine groups is 1. The van der Waals surface area contributed by atoms with Gasteiger partial charge in [-0.2, -0.15) is 0 Å². The number of hydrogen-bond acceptors (Lipinski definition) is 6. The number of benzene rings is 2. The first-order chi connectivity index (χ1) is 12.4. The Labute approximate surface area is 149 Å². The van der Waals surface area contributed by atoms with Crippen molar-refractivity contribution in [3.63, 3.8) is 0 Å². The zero-order valence-electron chi connectivity index (χ0n) is 14.1. The predicted octanol–water partition coefficient (Wildman–Crippen LogP) is 2.18. The van der Waals surface area contributed by atoms with Gasteiger partial charge in [-0.3, -0.25) is 10.0 Å². The van der Waals surface area contributed by atoms with Gasteiger partial charge in [0.15, 0.2) is 0 Å². The molecule has 2 aromatic carbocycles. The summed E-state index contributed by atoms with van der Waals surface area (Å²) in [6.07, 6.45) is 1.54. The van der Waals surface area contributed by atoms with Crippen molar-refractivity contribution in [2.45, 2.75) is 25.4 Å². The molecule has 26 heavy (non-hydrogen) atoms.